The highest BCUT2D eigenvalue weighted by Gasteiger charge is 2.23. The van der Waals surface area contributed by atoms with E-state index in [4.69, 9.17) is 0 Å². The van der Waals surface area contributed by atoms with Gasteiger partial charge in [0.2, 0.25) is 5.95 Å². The van der Waals surface area contributed by atoms with Gasteiger partial charge in [0, 0.05) is 38.1 Å². The summed E-state index contributed by atoms with van der Waals surface area (Å²) in [5.74, 6) is 1.91. The van der Waals surface area contributed by atoms with Crippen molar-refractivity contribution in [2.75, 3.05) is 29.6 Å². The van der Waals surface area contributed by atoms with Crippen LogP contribution in [0.25, 0.3) is 0 Å². The molecule has 0 saturated heterocycles. The lowest BCUT2D eigenvalue weighted by Gasteiger charge is -2.30. The molecular formula is C23H34N6O. The van der Waals surface area contributed by atoms with Crippen LogP contribution in [0.1, 0.15) is 56.6 Å². The van der Waals surface area contributed by atoms with E-state index < -0.39 is 0 Å². The highest BCUT2D eigenvalue weighted by Crippen LogP contribution is 2.27. The summed E-state index contributed by atoms with van der Waals surface area (Å²) in [7, 11) is 3.93. The van der Waals surface area contributed by atoms with Crippen molar-refractivity contribution in [3.05, 3.63) is 41.6 Å². The first-order valence-corrected chi connectivity index (χ1v) is 10.8. The van der Waals surface area contributed by atoms with E-state index in [1.165, 1.54) is 0 Å². The van der Waals surface area contributed by atoms with Gasteiger partial charge in [0.15, 0.2) is 0 Å². The fourth-order valence-corrected chi connectivity index (χ4v) is 3.91. The molecule has 2 aromatic rings. The van der Waals surface area contributed by atoms with Crippen LogP contribution in [0, 0.1) is 6.92 Å². The number of nitrogens with one attached hydrogen (secondary N) is 3. The van der Waals surface area contributed by atoms with Crippen LogP contribution in [0.3, 0.4) is 0 Å². The molecule has 1 fully saturated rings. The zero-order valence-corrected chi connectivity index (χ0v) is 18.7. The Labute approximate surface area is 179 Å². The predicted octanol–water partition coefficient (Wildman–Crippen LogP) is 4.52. The number of para-hydroxylation sites is 1. The largest absolute Gasteiger partial charge is 0.363 e. The van der Waals surface area contributed by atoms with E-state index in [0.717, 1.165) is 48.3 Å². The molecule has 162 valence electrons. The van der Waals surface area contributed by atoms with Gasteiger partial charge in [0.1, 0.15) is 5.82 Å². The fraction of sp³-hybridized carbons (Fsp3) is 0.522. The normalized spacial score (nSPS) is 18.7. The number of aryl methyl sites for hydroxylation is 1. The van der Waals surface area contributed by atoms with E-state index in [-0.39, 0.29) is 12.1 Å². The SMILES string of the molecule is Cc1cccc(C(C)C)c1NC(=O)NC1CCC(Nc2nccc(N(C)C)n2)CC1. The summed E-state index contributed by atoms with van der Waals surface area (Å²) in [6, 6.07) is 8.44. The first-order chi connectivity index (χ1) is 14.3. The summed E-state index contributed by atoms with van der Waals surface area (Å²) in [5.41, 5.74) is 3.18. The average Bonchev–Trinajstić information content (AvgIpc) is 2.71. The molecule has 0 atom stereocenters. The van der Waals surface area contributed by atoms with E-state index >= 15 is 0 Å². The van der Waals surface area contributed by atoms with Gasteiger partial charge in [0.25, 0.3) is 0 Å². The van der Waals surface area contributed by atoms with Gasteiger partial charge in [-0.2, -0.15) is 4.98 Å². The van der Waals surface area contributed by atoms with Gasteiger partial charge >= 0.3 is 6.03 Å². The van der Waals surface area contributed by atoms with Crippen molar-refractivity contribution in [3.63, 3.8) is 0 Å². The number of hydrogen-bond donors (Lipinski definition) is 3. The third-order valence-electron chi connectivity index (χ3n) is 5.66. The van der Waals surface area contributed by atoms with Crippen LogP contribution >= 0.6 is 0 Å². The average molecular weight is 411 g/mol. The highest BCUT2D eigenvalue weighted by atomic mass is 16.2. The van der Waals surface area contributed by atoms with Gasteiger partial charge in [-0.15, -0.1) is 0 Å². The number of nitrogens with zero attached hydrogens (tertiary/aromatic N) is 3. The predicted molar refractivity (Wildman–Crippen MR) is 123 cm³/mol. The summed E-state index contributed by atoms with van der Waals surface area (Å²) < 4.78 is 0. The molecule has 30 heavy (non-hydrogen) atoms. The second kappa shape index (κ2) is 9.78. The molecule has 1 saturated carbocycles. The lowest BCUT2D eigenvalue weighted by Crippen LogP contribution is -2.42. The van der Waals surface area contributed by atoms with E-state index in [9.17, 15) is 4.79 Å². The maximum Gasteiger partial charge on any atom is 0.319 e. The molecule has 7 nitrogen and oxygen atoms in total. The molecule has 7 heteroatoms. The van der Waals surface area contributed by atoms with Crippen LogP contribution in [0.5, 0.6) is 0 Å². The van der Waals surface area contributed by atoms with Crippen LogP contribution in [-0.2, 0) is 0 Å². The zero-order chi connectivity index (χ0) is 21.7. The molecule has 0 unspecified atom stereocenters. The van der Waals surface area contributed by atoms with Crippen molar-refractivity contribution in [2.45, 2.75) is 64.5 Å². The molecule has 0 bridgehead atoms. The second-order valence-corrected chi connectivity index (χ2v) is 8.62. The van der Waals surface area contributed by atoms with Gasteiger partial charge in [-0.3, -0.25) is 0 Å². The number of carbonyl (C=O) groups is 1. The number of anilines is 3. The fourth-order valence-electron chi connectivity index (χ4n) is 3.91. The number of benzene rings is 1. The van der Waals surface area contributed by atoms with Crippen LogP contribution in [0.2, 0.25) is 0 Å². The second-order valence-electron chi connectivity index (χ2n) is 8.62. The van der Waals surface area contributed by atoms with Crippen molar-refractivity contribution >= 4 is 23.5 Å². The van der Waals surface area contributed by atoms with Crippen LogP contribution in [-0.4, -0.2) is 42.2 Å². The maximum atomic E-state index is 12.6. The minimum Gasteiger partial charge on any atom is -0.363 e. The molecule has 2 amide bonds. The smallest absolute Gasteiger partial charge is 0.319 e. The summed E-state index contributed by atoms with van der Waals surface area (Å²) >= 11 is 0. The van der Waals surface area contributed by atoms with E-state index in [2.05, 4.69) is 45.8 Å². The minimum absolute atomic E-state index is 0.121. The van der Waals surface area contributed by atoms with Crippen molar-refractivity contribution in [1.82, 2.24) is 15.3 Å². The van der Waals surface area contributed by atoms with Crippen molar-refractivity contribution in [3.8, 4) is 0 Å². The number of hydrogen-bond acceptors (Lipinski definition) is 5. The molecule has 3 rings (SSSR count). The standard InChI is InChI=1S/C23H34N6O/c1-15(2)19-8-6-7-16(3)21(19)28-23(30)26-18-11-9-17(10-12-18)25-22-24-14-13-20(27-22)29(4)5/h6-8,13-15,17-18H,9-12H2,1-5H3,(H,24,25,27)(H2,26,28,30). The topological polar surface area (TPSA) is 82.2 Å². The number of rotatable bonds is 6. The van der Waals surface area contributed by atoms with Crippen molar-refractivity contribution in [2.24, 2.45) is 0 Å². The molecule has 0 radical (unpaired) electrons. The molecule has 1 aliphatic carbocycles. The number of aromatic nitrogens is 2. The number of carbonyl (C=O) groups excluding carboxylic acids is 1. The molecule has 0 spiro atoms. The van der Waals surface area contributed by atoms with Crippen LogP contribution in [0.15, 0.2) is 30.5 Å². The van der Waals surface area contributed by atoms with Gasteiger partial charge in [-0.25, -0.2) is 9.78 Å². The lowest BCUT2D eigenvalue weighted by molar-refractivity contribution is 0.243. The van der Waals surface area contributed by atoms with Gasteiger partial charge < -0.3 is 20.9 Å². The molecule has 3 N–H and O–H groups in total. The number of urea groups is 1. The van der Waals surface area contributed by atoms with E-state index in [0.29, 0.717) is 17.9 Å². The Morgan fingerprint density at radius 2 is 1.80 bits per heavy atom. The first kappa shape index (κ1) is 21.9. The molecular weight excluding hydrogens is 376 g/mol. The summed E-state index contributed by atoms with van der Waals surface area (Å²) in [6.45, 7) is 6.32. The zero-order valence-electron chi connectivity index (χ0n) is 18.7. The van der Waals surface area contributed by atoms with Gasteiger partial charge in [-0.1, -0.05) is 32.0 Å². The molecule has 1 aromatic heterocycles. The Balaban J connectivity index is 1.50. The quantitative estimate of drug-likeness (QED) is 0.652. The molecule has 1 aliphatic rings. The van der Waals surface area contributed by atoms with Crippen LogP contribution in [0.4, 0.5) is 22.2 Å². The molecule has 1 aromatic carbocycles. The van der Waals surface area contributed by atoms with Crippen molar-refractivity contribution in [1.29, 1.82) is 0 Å². The molecule has 1 heterocycles. The monoisotopic (exact) mass is 410 g/mol. The van der Waals surface area contributed by atoms with E-state index in [1.807, 2.05) is 44.1 Å². The molecule has 0 aliphatic heterocycles. The highest BCUT2D eigenvalue weighted by molar-refractivity contribution is 5.91. The Morgan fingerprint density at radius 3 is 2.47 bits per heavy atom. The Morgan fingerprint density at radius 1 is 1.10 bits per heavy atom. The Bertz CT molecular complexity index is 859. The van der Waals surface area contributed by atoms with Crippen molar-refractivity contribution < 1.29 is 4.79 Å². The summed E-state index contributed by atoms with van der Waals surface area (Å²) in [4.78, 5) is 23.5. The third kappa shape index (κ3) is 5.62. The van der Waals surface area contributed by atoms with Gasteiger partial charge in [-0.05, 0) is 55.7 Å². The number of amides is 2. The maximum absolute atomic E-state index is 12.6. The Hall–Kier alpha value is -2.83. The first-order valence-electron chi connectivity index (χ1n) is 10.8. The van der Waals surface area contributed by atoms with Crippen LogP contribution < -0.4 is 20.9 Å². The lowest BCUT2D eigenvalue weighted by atomic mass is 9.91. The third-order valence-corrected chi connectivity index (χ3v) is 5.66. The van der Waals surface area contributed by atoms with Gasteiger partial charge in [0.05, 0.1) is 0 Å². The summed E-state index contributed by atoms with van der Waals surface area (Å²) in [5, 5.41) is 9.68. The Kier molecular flexibility index (Phi) is 7.13. The van der Waals surface area contributed by atoms with E-state index in [1.54, 1.807) is 6.20 Å². The summed E-state index contributed by atoms with van der Waals surface area (Å²) in [6.07, 6.45) is 5.59. The minimum atomic E-state index is -0.121.